The van der Waals surface area contributed by atoms with Gasteiger partial charge in [-0.25, -0.2) is 8.42 Å². The van der Waals surface area contributed by atoms with E-state index in [2.05, 4.69) is 13.8 Å². The minimum absolute atomic E-state index is 0.00480. The Kier molecular flexibility index (Phi) is 8.62. The van der Waals surface area contributed by atoms with Gasteiger partial charge in [-0.05, 0) is 38.3 Å². The van der Waals surface area contributed by atoms with Crippen molar-refractivity contribution in [3.8, 4) is 0 Å². The van der Waals surface area contributed by atoms with E-state index < -0.39 is 34.1 Å². The van der Waals surface area contributed by atoms with Gasteiger partial charge in [-0.3, -0.25) is 0 Å². The van der Waals surface area contributed by atoms with Crippen LogP contribution >= 0.6 is 0 Å². The van der Waals surface area contributed by atoms with Gasteiger partial charge in [-0.1, -0.05) is 27.2 Å². The highest BCUT2D eigenvalue weighted by Gasteiger charge is 2.43. The van der Waals surface area contributed by atoms with Crippen molar-refractivity contribution in [3.63, 3.8) is 0 Å². The molecule has 0 saturated heterocycles. The number of sulfone groups is 1. The Bertz CT molecular complexity index is 468. The largest absolute Gasteiger partial charge is 0.393 e. The molecule has 5 unspecified atom stereocenters. The van der Waals surface area contributed by atoms with E-state index >= 15 is 0 Å². The molecule has 0 spiro atoms. The third-order valence-corrected chi connectivity index (χ3v) is 6.85. The van der Waals surface area contributed by atoms with E-state index in [4.69, 9.17) is 0 Å². The zero-order valence-corrected chi connectivity index (χ0v) is 16.2. The first-order valence-corrected chi connectivity index (χ1v) is 10.8. The Labute approximate surface area is 146 Å². The van der Waals surface area contributed by atoms with Crippen molar-refractivity contribution in [1.29, 1.82) is 0 Å². The van der Waals surface area contributed by atoms with E-state index in [0.717, 1.165) is 13.0 Å². The summed E-state index contributed by atoms with van der Waals surface area (Å²) in [5.74, 6) is -0.694. The van der Waals surface area contributed by atoms with E-state index in [1.807, 2.05) is 18.9 Å². The molecule has 0 heterocycles. The third-order valence-electron chi connectivity index (χ3n) is 5.15. The van der Waals surface area contributed by atoms with Gasteiger partial charge in [0.05, 0.1) is 29.8 Å². The molecule has 7 heteroatoms. The Balaban J connectivity index is 2.56. The number of rotatable bonds is 9. The quantitative estimate of drug-likeness (QED) is 0.551. The standard InChI is InChI=1S/C17H35NO5S/c1-5-13-10-15(19)14(17(21)16(13)20)11-24(22,23)9-8-18(4)7-6-12(2)3/h12-17,19-21H,5-11H2,1-4H3. The Morgan fingerprint density at radius 1 is 1.12 bits per heavy atom. The Morgan fingerprint density at radius 2 is 1.75 bits per heavy atom. The fourth-order valence-corrected chi connectivity index (χ4v) is 5.03. The molecule has 0 radical (unpaired) electrons. The summed E-state index contributed by atoms with van der Waals surface area (Å²) in [5.41, 5.74) is 0. The van der Waals surface area contributed by atoms with Crippen molar-refractivity contribution in [2.45, 2.75) is 58.3 Å². The minimum Gasteiger partial charge on any atom is -0.393 e. The number of aliphatic hydroxyl groups excluding tert-OH is 3. The fraction of sp³-hybridized carbons (Fsp3) is 1.00. The first-order chi connectivity index (χ1) is 11.1. The second-order valence-electron chi connectivity index (χ2n) is 7.72. The maximum atomic E-state index is 12.4. The van der Waals surface area contributed by atoms with Gasteiger partial charge in [0, 0.05) is 12.5 Å². The SMILES string of the molecule is CCC1CC(O)C(CS(=O)(=O)CCN(C)CCC(C)C)C(O)C1O. The third kappa shape index (κ3) is 6.59. The van der Waals surface area contributed by atoms with Crippen molar-refractivity contribution in [2.75, 3.05) is 31.6 Å². The van der Waals surface area contributed by atoms with Crippen molar-refractivity contribution in [1.82, 2.24) is 4.90 Å². The van der Waals surface area contributed by atoms with Crippen molar-refractivity contribution in [3.05, 3.63) is 0 Å². The Morgan fingerprint density at radius 3 is 2.29 bits per heavy atom. The van der Waals surface area contributed by atoms with Gasteiger partial charge >= 0.3 is 0 Å². The van der Waals surface area contributed by atoms with Gasteiger partial charge in [0.25, 0.3) is 0 Å². The molecule has 0 aromatic heterocycles. The minimum atomic E-state index is -3.40. The summed E-state index contributed by atoms with van der Waals surface area (Å²) >= 11 is 0. The molecule has 0 aromatic carbocycles. The summed E-state index contributed by atoms with van der Waals surface area (Å²) in [6.07, 6.45) is -1.04. The van der Waals surface area contributed by atoms with Crippen LogP contribution in [-0.4, -0.2) is 78.6 Å². The van der Waals surface area contributed by atoms with Crippen LogP contribution in [0.4, 0.5) is 0 Å². The van der Waals surface area contributed by atoms with Gasteiger partial charge in [-0.15, -0.1) is 0 Å². The molecule has 3 N–H and O–H groups in total. The number of nitrogens with zero attached hydrogens (tertiary/aromatic N) is 1. The van der Waals surface area contributed by atoms with Crippen molar-refractivity contribution >= 4 is 9.84 Å². The molecule has 1 rings (SSSR count). The molecule has 0 bridgehead atoms. The average molecular weight is 366 g/mol. The lowest BCUT2D eigenvalue weighted by Crippen LogP contribution is -2.52. The molecule has 0 amide bonds. The molecule has 1 fully saturated rings. The molecular weight excluding hydrogens is 330 g/mol. The van der Waals surface area contributed by atoms with Crippen LogP contribution in [0, 0.1) is 17.8 Å². The predicted octanol–water partition coefficient (Wildman–Crippen LogP) is 0.508. The molecular formula is C17H35NO5S. The highest BCUT2D eigenvalue weighted by atomic mass is 32.2. The molecule has 1 aliphatic rings. The summed E-state index contributed by atoms with van der Waals surface area (Å²) in [4.78, 5) is 1.99. The van der Waals surface area contributed by atoms with E-state index in [9.17, 15) is 23.7 Å². The van der Waals surface area contributed by atoms with Crippen LogP contribution in [0.1, 0.15) is 40.0 Å². The van der Waals surface area contributed by atoms with Crippen LogP contribution in [0.15, 0.2) is 0 Å². The van der Waals surface area contributed by atoms with Crippen molar-refractivity contribution in [2.24, 2.45) is 17.8 Å². The van der Waals surface area contributed by atoms with Gasteiger partial charge in [0.15, 0.2) is 9.84 Å². The summed E-state index contributed by atoms with van der Waals surface area (Å²) in [6, 6.07) is 0. The lowest BCUT2D eigenvalue weighted by molar-refractivity contribution is -0.117. The molecule has 24 heavy (non-hydrogen) atoms. The second-order valence-corrected chi connectivity index (χ2v) is 9.95. The smallest absolute Gasteiger partial charge is 0.152 e. The van der Waals surface area contributed by atoms with Crippen LogP contribution in [0.3, 0.4) is 0 Å². The van der Waals surface area contributed by atoms with Crippen LogP contribution in [0.5, 0.6) is 0 Å². The predicted molar refractivity (Wildman–Crippen MR) is 95.5 cm³/mol. The lowest BCUT2D eigenvalue weighted by Gasteiger charge is -2.40. The number of aliphatic hydroxyl groups is 3. The zero-order valence-electron chi connectivity index (χ0n) is 15.4. The first kappa shape index (κ1) is 21.8. The maximum absolute atomic E-state index is 12.4. The number of hydrogen-bond acceptors (Lipinski definition) is 6. The molecule has 6 nitrogen and oxygen atoms in total. The van der Waals surface area contributed by atoms with Gasteiger partial charge in [-0.2, -0.15) is 0 Å². The molecule has 5 atom stereocenters. The van der Waals surface area contributed by atoms with E-state index in [0.29, 0.717) is 25.3 Å². The zero-order chi connectivity index (χ0) is 18.5. The number of hydrogen-bond donors (Lipinski definition) is 3. The van der Waals surface area contributed by atoms with Gasteiger partial charge < -0.3 is 20.2 Å². The Hall–Kier alpha value is -0.210. The van der Waals surface area contributed by atoms with Crippen molar-refractivity contribution < 1.29 is 23.7 Å². The van der Waals surface area contributed by atoms with Gasteiger partial charge in [0.2, 0.25) is 0 Å². The lowest BCUT2D eigenvalue weighted by atomic mass is 9.75. The van der Waals surface area contributed by atoms with Crippen LogP contribution in [0.2, 0.25) is 0 Å². The molecule has 144 valence electrons. The normalized spacial score (nSPS) is 31.8. The first-order valence-electron chi connectivity index (χ1n) is 9.00. The maximum Gasteiger partial charge on any atom is 0.152 e. The molecule has 0 aromatic rings. The highest BCUT2D eigenvalue weighted by molar-refractivity contribution is 7.91. The fourth-order valence-electron chi connectivity index (χ4n) is 3.26. The highest BCUT2D eigenvalue weighted by Crippen LogP contribution is 2.32. The molecule has 1 aliphatic carbocycles. The van der Waals surface area contributed by atoms with Crippen LogP contribution in [0.25, 0.3) is 0 Å². The summed E-state index contributed by atoms with van der Waals surface area (Å²) in [5, 5.41) is 30.5. The van der Waals surface area contributed by atoms with E-state index in [1.54, 1.807) is 0 Å². The molecule has 0 aliphatic heterocycles. The van der Waals surface area contributed by atoms with Crippen LogP contribution in [-0.2, 0) is 9.84 Å². The van der Waals surface area contributed by atoms with Crippen LogP contribution < -0.4 is 0 Å². The van der Waals surface area contributed by atoms with E-state index in [1.165, 1.54) is 0 Å². The summed E-state index contributed by atoms with van der Waals surface area (Å²) in [7, 11) is -1.50. The van der Waals surface area contributed by atoms with Gasteiger partial charge in [0.1, 0.15) is 0 Å². The molecule has 1 saturated carbocycles. The monoisotopic (exact) mass is 365 g/mol. The van der Waals surface area contributed by atoms with E-state index in [-0.39, 0.29) is 17.4 Å². The summed E-state index contributed by atoms with van der Waals surface area (Å²) in [6.45, 7) is 7.43. The summed E-state index contributed by atoms with van der Waals surface area (Å²) < 4.78 is 24.7. The topological polar surface area (TPSA) is 98.1 Å². The average Bonchev–Trinajstić information content (AvgIpc) is 2.51. The second kappa shape index (κ2) is 9.48.